The van der Waals surface area contributed by atoms with E-state index in [-0.39, 0.29) is 17.7 Å². The van der Waals surface area contributed by atoms with Gasteiger partial charge in [0, 0.05) is 57.3 Å². The Morgan fingerprint density at radius 1 is 0.806 bits per heavy atom. The molecule has 2 aliphatic heterocycles. The number of fused-ring (bicyclic) bond motifs is 1. The molecule has 0 unspecified atom stereocenters. The largest absolute Gasteiger partial charge is 0.494 e. The first kappa shape index (κ1) is 24.3. The molecule has 2 fully saturated rings. The molecule has 3 aromatic rings. The van der Waals surface area contributed by atoms with E-state index in [1.54, 1.807) is 0 Å². The van der Waals surface area contributed by atoms with E-state index in [9.17, 15) is 9.59 Å². The number of rotatable bonds is 6. The number of carbonyl (C=O) groups is 2. The molecule has 0 atom stereocenters. The van der Waals surface area contributed by atoms with E-state index < -0.39 is 0 Å². The number of hydrogen-bond acceptors (Lipinski definition) is 4. The van der Waals surface area contributed by atoms with Crippen LogP contribution in [0.5, 0.6) is 5.75 Å². The summed E-state index contributed by atoms with van der Waals surface area (Å²) in [6.45, 7) is 8.14. The second kappa shape index (κ2) is 11.1. The number of piperazine rings is 1. The Labute approximate surface area is 213 Å². The van der Waals surface area contributed by atoms with Crippen LogP contribution in [0.3, 0.4) is 0 Å². The number of nitrogens with zero attached hydrogens (tertiary/aromatic N) is 3. The summed E-state index contributed by atoms with van der Waals surface area (Å²) in [7, 11) is 0. The molecule has 0 saturated carbocycles. The van der Waals surface area contributed by atoms with Crippen molar-refractivity contribution in [3.63, 3.8) is 0 Å². The molecular weight excluding hydrogens is 450 g/mol. The monoisotopic (exact) mass is 485 g/mol. The van der Waals surface area contributed by atoms with Crippen molar-refractivity contribution in [3.8, 4) is 5.75 Å². The molecule has 0 bridgehead atoms. The van der Waals surface area contributed by atoms with Gasteiger partial charge >= 0.3 is 0 Å². The van der Waals surface area contributed by atoms with Crippen LogP contribution in [0.4, 0.5) is 0 Å². The maximum Gasteiger partial charge on any atom is 0.254 e. The highest BCUT2D eigenvalue weighted by atomic mass is 16.5. The minimum Gasteiger partial charge on any atom is -0.494 e. The smallest absolute Gasteiger partial charge is 0.254 e. The summed E-state index contributed by atoms with van der Waals surface area (Å²) in [6, 6.07) is 22.2. The normalized spacial score (nSPS) is 17.4. The fraction of sp³-hybridized carbons (Fsp3) is 0.400. The van der Waals surface area contributed by atoms with Crippen LogP contribution in [0.2, 0.25) is 0 Å². The first-order valence-corrected chi connectivity index (χ1v) is 13.1. The van der Waals surface area contributed by atoms with E-state index in [1.807, 2.05) is 71.3 Å². The first-order chi connectivity index (χ1) is 17.6. The lowest BCUT2D eigenvalue weighted by Gasteiger charge is -2.38. The molecular formula is C30H35N3O3. The van der Waals surface area contributed by atoms with Crippen LogP contribution in [-0.4, -0.2) is 72.4 Å². The molecule has 36 heavy (non-hydrogen) atoms. The Bertz CT molecular complexity index is 1190. The molecule has 2 heterocycles. The maximum absolute atomic E-state index is 13.2. The summed E-state index contributed by atoms with van der Waals surface area (Å²) < 4.78 is 5.53. The second-order valence-corrected chi connectivity index (χ2v) is 9.77. The average molecular weight is 486 g/mol. The van der Waals surface area contributed by atoms with Gasteiger partial charge in [0.25, 0.3) is 5.91 Å². The average Bonchev–Trinajstić information content (AvgIpc) is 2.94. The number of carbonyl (C=O) groups excluding carboxylic acids is 2. The van der Waals surface area contributed by atoms with Gasteiger partial charge in [0.15, 0.2) is 0 Å². The van der Waals surface area contributed by atoms with E-state index in [0.29, 0.717) is 19.7 Å². The Morgan fingerprint density at radius 3 is 2.22 bits per heavy atom. The number of hydrogen-bond donors (Lipinski definition) is 0. The Morgan fingerprint density at radius 2 is 1.50 bits per heavy atom. The molecule has 0 aliphatic carbocycles. The highest BCUT2D eigenvalue weighted by molar-refractivity contribution is 6.07. The summed E-state index contributed by atoms with van der Waals surface area (Å²) in [5, 5.41) is 2.07. The van der Waals surface area contributed by atoms with Crippen LogP contribution >= 0.6 is 0 Å². The Balaban J connectivity index is 1.10. The van der Waals surface area contributed by atoms with Crippen molar-refractivity contribution in [2.24, 2.45) is 5.92 Å². The molecule has 5 rings (SSSR count). The summed E-state index contributed by atoms with van der Waals surface area (Å²) in [6.07, 6.45) is 1.48. The zero-order chi connectivity index (χ0) is 24.9. The Kier molecular flexibility index (Phi) is 7.52. The lowest BCUT2D eigenvalue weighted by atomic mass is 9.94. The highest BCUT2D eigenvalue weighted by Crippen LogP contribution is 2.25. The highest BCUT2D eigenvalue weighted by Gasteiger charge is 2.32. The number of likely N-dealkylation sites (tertiary alicyclic amines) is 1. The number of piperidine rings is 1. The zero-order valence-corrected chi connectivity index (χ0v) is 21.1. The number of benzene rings is 3. The van der Waals surface area contributed by atoms with Gasteiger partial charge in [-0.1, -0.05) is 48.5 Å². The molecule has 0 spiro atoms. The zero-order valence-electron chi connectivity index (χ0n) is 21.1. The van der Waals surface area contributed by atoms with Gasteiger partial charge in [-0.3, -0.25) is 14.5 Å². The van der Waals surface area contributed by atoms with E-state index in [4.69, 9.17) is 4.74 Å². The molecule has 6 heteroatoms. The predicted octanol–water partition coefficient (Wildman–Crippen LogP) is 4.44. The van der Waals surface area contributed by atoms with Crippen LogP contribution in [0.15, 0.2) is 66.7 Å². The van der Waals surface area contributed by atoms with Gasteiger partial charge in [0.2, 0.25) is 5.91 Å². The summed E-state index contributed by atoms with van der Waals surface area (Å²) in [5.41, 5.74) is 2.02. The standard InChI is InChI=1S/C30H35N3O3/c1-2-36-26-12-10-23(11-13-26)22-31-18-20-33(21-19-31)29(34)25-14-16-32(17-15-25)30(35)28-9-5-7-24-6-3-4-8-27(24)28/h3-13,25H,2,14-22H2,1H3. The van der Waals surface area contributed by atoms with Crippen LogP contribution in [0, 0.1) is 5.92 Å². The molecule has 0 N–H and O–H groups in total. The minimum atomic E-state index is 0.0132. The summed E-state index contributed by atoms with van der Waals surface area (Å²) >= 11 is 0. The first-order valence-electron chi connectivity index (χ1n) is 13.1. The number of ether oxygens (including phenoxy) is 1. The van der Waals surface area contributed by atoms with E-state index in [0.717, 1.165) is 67.7 Å². The van der Waals surface area contributed by atoms with Crippen molar-refractivity contribution in [1.29, 1.82) is 0 Å². The third-order valence-electron chi connectivity index (χ3n) is 7.48. The molecule has 2 amide bonds. The minimum absolute atomic E-state index is 0.0132. The van der Waals surface area contributed by atoms with Crippen LogP contribution in [-0.2, 0) is 11.3 Å². The quantitative estimate of drug-likeness (QED) is 0.518. The van der Waals surface area contributed by atoms with Gasteiger partial charge in [-0.2, -0.15) is 0 Å². The molecule has 6 nitrogen and oxygen atoms in total. The van der Waals surface area contributed by atoms with Crippen LogP contribution in [0.25, 0.3) is 10.8 Å². The molecule has 2 saturated heterocycles. The lowest BCUT2D eigenvalue weighted by Crippen LogP contribution is -2.51. The van der Waals surface area contributed by atoms with Gasteiger partial charge < -0.3 is 14.5 Å². The third kappa shape index (κ3) is 5.39. The lowest BCUT2D eigenvalue weighted by molar-refractivity contribution is -0.138. The van der Waals surface area contributed by atoms with Crippen molar-refractivity contribution in [3.05, 3.63) is 77.9 Å². The van der Waals surface area contributed by atoms with Crippen LogP contribution < -0.4 is 4.74 Å². The predicted molar refractivity (Wildman–Crippen MR) is 142 cm³/mol. The van der Waals surface area contributed by atoms with E-state index in [2.05, 4.69) is 17.0 Å². The van der Waals surface area contributed by atoms with E-state index in [1.165, 1.54) is 5.56 Å². The fourth-order valence-corrected chi connectivity index (χ4v) is 5.41. The van der Waals surface area contributed by atoms with Crippen molar-refractivity contribution in [2.75, 3.05) is 45.9 Å². The van der Waals surface area contributed by atoms with Crippen LogP contribution in [0.1, 0.15) is 35.7 Å². The van der Waals surface area contributed by atoms with Gasteiger partial charge in [0.1, 0.15) is 5.75 Å². The van der Waals surface area contributed by atoms with Crippen molar-refractivity contribution in [1.82, 2.24) is 14.7 Å². The summed E-state index contributed by atoms with van der Waals surface area (Å²) in [5.74, 6) is 1.24. The van der Waals surface area contributed by atoms with Gasteiger partial charge in [-0.25, -0.2) is 0 Å². The Hall–Kier alpha value is -3.38. The third-order valence-corrected chi connectivity index (χ3v) is 7.48. The molecule has 0 aromatic heterocycles. The van der Waals surface area contributed by atoms with Crippen molar-refractivity contribution < 1.29 is 14.3 Å². The summed E-state index contributed by atoms with van der Waals surface area (Å²) in [4.78, 5) is 32.8. The van der Waals surface area contributed by atoms with Gasteiger partial charge in [-0.05, 0) is 54.3 Å². The van der Waals surface area contributed by atoms with Gasteiger partial charge in [0.05, 0.1) is 6.61 Å². The molecule has 2 aliphatic rings. The number of amides is 2. The molecule has 188 valence electrons. The van der Waals surface area contributed by atoms with Crippen molar-refractivity contribution in [2.45, 2.75) is 26.3 Å². The van der Waals surface area contributed by atoms with Crippen molar-refractivity contribution >= 4 is 22.6 Å². The fourth-order valence-electron chi connectivity index (χ4n) is 5.41. The topological polar surface area (TPSA) is 53.1 Å². The molecule has 0 radical (unpaired) electrons. The molecule has 3 aromatic carbocycles. The second-order valence-electron chi connectivity index (χ2n) is 9.77. The van der Waals surface area contributed by atoms with Gasteiger partial charge in [-0.15, -0.1) is 0 Å². The maximum atomic E-state index is 13.2. The SMILES string of the molecule is CCOc1ccc(CN2CCN(C(=O)C3CCN(C(=O)c4cccc5ccccc45)CC3)CC2)cc1. The van der Waals surface area contributed by atoms with E-state index >= 15 is 0 Å².